The number of carbonyl (C=O) groups is 1. The summed E-state index contributed by atoms with van der Waals surface area (Å²) in [7, 11) is 2.01. The van der Waals surface area contributed by atoms with Crippen LogP contribution < -0.4 is 10.6 Å². The lowest BCUT2D eigenvalue weighted by molar-refractivity contribution is -0.126. The number of nitrogens with zero attached hydrogens (tertiary/aromatic N) is 1. The fourth-order valence-corrected chi connectivity index (χ4v) is 2.19. The average Bonchev–Trinajstić information content (AvgIpc) is 2.35. The van der Waals surface area contributed by atoms with Crippen molar-refractivity contribution in [3.05, 3.63) is 0 Å². The number of nitrogens with one attached hydrogen (secondary N) is 2. The van der Waals surface area contributed by atoms with Crippen LogP contribution >= 0.6 is 12.4 Å². The van der Waals surface area contributed by atoms with Gasteiger partial charge in [-0.1, -0.05) is 13.8 Å². The Morgan fingerprint density at radius 1 is 1.28 bits per heavy atom. The molecular weight excluding hydrogens is 250 g/mol. The highest BCUT2D eigenvalue weighted by Gasteiger charge is 2.25. The summed E-state index contributed by atoms with van der Waals surface area (Å²) in [5, 5.41) is 6.31. The Morgan fingerprint density at radius 3 is 2.28 bits per heavy atom. The SMILES string of the molecule is CNC1CCN(C(C)C(=O)NCC(C)C)CC1.Cl. The average molecular weight is 278 g/mol. The highest BCUT2D eigenvalue weighted by molar-refractivity contribution is 5.85. The molecule has 0 aromatic carbocycles. The number of halogens is 1. The van der Waals surface area contributed by atoms with Crippen molar-refractivity contribution in [3.8, 4) is 0 Å². The lowest BCUT2D eigenvalue weighted by atomic mass is 10.0. The molecule has 0 aliphatic carbocycles. The van der Waals surface area contributed by atoms with Crippen LogP contribution in [0.1, 0.15) is 33.6 Å². The Bertz CT molecular complexity index is 240. The fraction of sp³-hybridized carbons (Fsp3) is 0.923. The predicted octanol–water partition coefficient (Wildman–Crippen LogP) is 1.25. The van der Waals surface area contributed by atoms with Crippen molar-refractivity contribution in [2.45, 2.75) is 45.7 Å². The van der Waals surface area contributed by atoms with E-state index < -0.39 is 0 Å². The predicted molar refractivity (Wildman–Crippen MR) is 78.2 cm³/mol. The summed E-state index contributed by atoms with van der Waals surface area (Å²) in [6.45, 7) is 9.04. The van der Waals surface area contributed by atoms with Crippen molar-refractivity contribution in [3.63, 3.8) is 0 Å². The fourth-order valence-electron chi connectivity index (χ4n) is 2.19. The third-order valence-electron chi connectivity index (χ3n) is 3.55. The molecule has 0 saturated carbocycles. The maximum atomic E-state index is 11.9. The van der Waals surface area contributed by atoms with E-state index in [1.165, 1.54) is 0 Å². The number of likely N-dealkylation sites (tertiary alicyclic amines) is 1. The van der Waals surface area contributed by atoms with Crippen LogP contribution in [-0.4, -0.2) is 49.6 Å². The third kappa shape index (κ3) is 5.55. The summed E-state index contributed by atoms with van der Waals surface area (Å²) in [6, 6.07) is 0.628. The first kappa shape index (κ1) is 17.7. The van der Waals surface area contributed by atoms with Gasteiger partial charge in [0.25, 0.3) is 0 Å². The minimum atomic E-state index is 0. The summed E-state index contributed by atoms with van der Waals surface area (Å²) < 4.78 is 0. The molecule has 1 amide bonds. The largest absolute Gasteiger partial charge is 0.354 e. The molecule has 1 unspecified atom stereocenters. The number of carbonyl (C=O) groups excluding carboxylic acids is 1. The van der Waals surface area contributed by atoms with E-state index in [1.54, 1.807) is 0 Å². The minimum Gasteiger partial charge on any atom is -0.354 e. The normalized spacial score (nSPS) is 19.4. The molecule has 18 heavy (non-hydrogen) atoms. The molecule has 1 heterocycles. The van der Waals surface area contributed by atoms with Crippen LogP contribution in [0.4, 0.5) is 0 Å². The lowest BCUT2D eigenvalue weighted by Crippen LogP contribution is -2.51. The Kier molecular flexibility index (Phi) is 8.57. The van der Waals surface area contributed by atoms with E-state index in [2.05, 4.69) is 29.4 Å². The lowest BCUT2D eigenvalue weighted by Gasteiger charge is -2.35. The smallest absolute Gasteiger partial charge is 0.237 e. The van der Waals surface area contributed by atoms with E-state index in [1.807, 2.05) is 14.0 Å². The molecule has 0 aromatic rings. The van der Waals surface area contributed by atoms with Gasteiger partial charge in [0.15, 0.2) is 0 Å². The van der Waals surface area contributed by atoms with Gasteiger partial charge in [-0.3, -0.25) is 9.69 Å². The molecule has 5 heteroatoms. The van der Waals surface area contributed by atoms with Gasteiger partial charge in [-0.15, -0.1) is 12.4 Å². The van der Waals surface area contributed by atoms with Crippen LogP contribution in [0.15, 0.2) is 0 Å². The van der Waals surface area contributed by atoms with Gasteiger partial charge in [0.1, 0.15) is 0 Å². The molecule has 0 bridgehead atoms. The molecule has 1 aliphatic heterocycles. The Balaban J connectivity index is 0.00000289. The molecule has 1 rings (SSSR count). The second-order valence-electron chi connectivity index (χ2n) is 5.41. The van der Waals surface area contributed by atoms with Crippen molar-refractivity contribution >= 4 is 18.3 Å². The van der Waals surface area contributed by atoms with Gasteiger partial charge in [0.2, 0.25) is 5.91 Å². The van der Waals surface area contributed by atoms with Crippen LogP contribution in [0, 0.1) is 5.92 Å². The third-order valence-corrected chi connectivity index (χ3v) is 3.55. The number of rotatable bonds is 5. The molecule has 1 atom stereocenters. The first-order valence-electron chi connectivity index (χ1n) is 6.73. The van der Waals surface area contributed by atoms with Crippen molar-refractivity contribution in [1.82, 2.24) is 15.5 Å². The van der Waals surface area contributed by atoms with Crippen molar-refractivity contribution in [2.24, 2.45) is 5.92 Å². The van der Waals surface area contributed by atoms with E-state index >= 15 is 0 Å². The van der Waals surface area contributed by atoms with Crippen LogP contribution in [0.3, 0.4) is 0 Å². The molecule has 1 aliphatic rings. The van der Waals surface area contributed by atoms with Crippen molar-refractivity contribution in [1.29, 1.82) is 0 Å². The van der Waals surface area contributed by atoms with Gasteiger partial charge in [-0.25, -0.2) is 0 Å². The summed E-state index contributed by atoms with van der Waals surface area (Å²) in [5.74, 6) is 0.683. The monoisotopic (exact) mass is 277 g/mol. The van der Waals surface area contributed by atoms with E-state index in [0.29, 0.717) is 12.0 Å². The maximum Gasteiger partial charge on any atom is 0.237 e. The van der Waals surface area contributed by atoms with Crippen LogP contribution in [0.2, 0.25) is 0 Å². The number of hydrogen-bond acceptors (Lipinski definition) is 3. The maximum absolute atomic E-state index is 11.9. The molecule has 0 spiro atoms. The standard InChI is InChI=1S/C13H27N3O.ClH/c1-10(2)9-15-13(17)11(3)16-7-5-12(14-4)6-8-16;/h10-12,14H,5-9H2,1-4H3,(H,15,17);1H. The topological polar surface area (TPSA) is 44.4 Å². The number of hydrogen-bond donors (Lipinski definition) is 2. The zero-order valence-electron chi connectivity index (χ0n) is 12.0. The van der Waals surface area contributed by atoms with Crippen LogP contribution in [0.25, 0.3) is 0 Å². The molecule has 0 aromatic heterocycles. The second-order valence-corrected chi connectivity index (χ2v) is 5.41. The quantitative estimate of drug-likeness (QED) is 0.795. The zero-order chi connectivity index (χ0) is 12.8. The zero-order valence-corrected chi connectivity index (χ0v) is 12.8. The van der Waals surface area contributed by atoms with Gasteiger partial charge in [0, 0.05) is 25.7 Å². The molecule has 1 saturated heterocycles. The summed E-state index contributed by atoms with van der Waals surface area (Å²) in [6.07, 6.45) is 2.27. The Morgan fingerprint density at radius 2 is 1.83 bits per heavy atom. The second kappa shape index (κ2) is 8.73. The van der Waals surface area contributed by atoms with E-state index in [-0.39, 0.29) is 24.4 Å². The van der Waals surface area contributed by atoms with Gasteiger partial charge in [-0.2, -0.15) is 0 Å². The molecular formula is C13H28ClN3O. The van der Waals surface area contributed by atoms with Gasteiger partial charge >= 0.3 is 0 Å². The first-order valence-corrected chi connectivity index (χ1v) is 6.73. The summed E-state index contributed by atoms with van der Waals surface area (Å²) in [5.41, 5.74) is 0. The van der Waals surface area contributed by atoms with Gasteiger partial charge in [-0.05, 0) is 32.7 Å². The Labute approximate surface area is 117 Å². The molecule has 1 fully saturated rings. The van der Waals surface area contributed by atoms with Gasteiger partial charge < -0.3 is 10.6 Å². The van der Waals surface area contributed by atoms with Gasteiger partial charge in [0.05, 0.1) is 6.04 Å². The van der Waals surface area contributed by atoms with Crippen molar-refractivity contribution < 1.29 is 4.79 Å². The molecule has 4 nitrogen and oxygen atoms in total. The van der Waals surface area contributed by atoms with Crippen molar-refractivity contribution in [2.75, 3.05) is 26.7 Å². The van der Waals surface area contributed by atoms with Crippen LogP contribution in [-0.2, 0) is 4.79 Å². The molecule has 108 valence electrons. The highest BCUT2D eigenvalue weighted by atomic mass is 35.5. The Hall–Kier alpha value is -0.320. The minimum absolute atomic E-state index is 0. The number of piperidine rings is 1. The number of amides is 1. The summed E-state index contributed by atoms with van der Waals surface area (Å²) in [4.78, 5) is 14.2. The summed E-state index contributed by atoms with van der Waals surface area (Å²) >= 11 is 0. The van der Waals surface area contributed by atoms with Crippen LogP contribution in [0.5, 0.6) is 0 Å². The molecule has 0 radical (unpaired) electrons. The van der Waals surface area contributed by atoms with E-state index in [9.17, 15) is 4.79 Å². The highest BCUT2D eigenvalue weighted by Crippen LogP contribution is 2.12. The molecule has 2 N–H and O–H groups in total. The first-order chi connectivity index (χ1) is 8.04. The van der Waals surface area contributed by atoms with E-state index in [4.69, 9.17) is 0 Å². The van der Waals surface area contributed by atoms with E-state index in [0.717, 1.165) is 32.5 Å².